The molecular weight excluding hydrogens is 391 g/mol. The van der Waals surface area contributed by atoms with Crippen LogP contribution in [0.25, 0.3) is 0 Å². The molecule has 2 aromatic rings. The number of halogens is 3. The highest BCUT2D eigenvalue weighted by Gasteiger charge is 2.30. The Morgan fingerprint density at radius 3 is 2.69 bits per heavy atom. The van der Waals surface area contributed by atoms with E-state index >= 15 is 0 Å². The summed E-state index contributed by atoms with van der Waals surface area (Å²) in [5.41, 5.74) is 1.29. The molecule has 0 unspecified atom stereocenters. The average molecular weight is 409 g/mol. The maximum Gasteiger partial charge on any atom is 0.422 e. The fourth-order valence-electron chi connectivity index (χ4n) is 2.35. The van der Waals surface area contributed by atoms with Crippen LogP contribution in [-0.2, 0) is 11.3 Å². The maximum atomic E-state index is 12.3. The van der Waals surface area contributed by atoms with Gasteiger partial charge in [-0.25, -0.2) is 15.0 Å². The Morgan fingerprint density at radius 1 is 1.28 bits per heavy atom. The number of hydrogen-bond donors (Lipinski definition) is 2. The minimum absolute atomic E-state index is 0.0189. The van der Waals surface area contributed by atoms with Crippen LogP contribution in [0, 0.1) is 12.8 Å². The van der Waals surface area contributed by atoms with E-state index in [2.05, 4.69) is 30.3 Å². The van der Waals surface area contributed by atoms with Crippen LogP contribution in [-0.4, -0.2) is 39.5 Å². The molecule has 0 aromatic carbocycles. The highest BCUT2D eigenvalue weighted by molar-refractivity contribution is 5.94. The fourth-order valence-corrected chi connectivity index (χ4v) is 2.35. The Labute approximate surface area is 163 Å². The second-order valence-corrected chi connectivity index (χ2v) is 6.56. The topological polar surface area (TPSA) is 106 Å². The van der Waals surface area contributed by atoms with Gasteiger partial charge in [-0.3, -0.25) is 14.9 Å². The largest absolute Gasteiger partial charge is 0.468 e. The monoisotopic (exact) mass is 409 g/mol. The second kappa shape index (κ2) is 8.41. The minimum Gasteiger partial charge on any atom is -0.468 e. The van der Waals surface area contributed by atoms with Gasteiger partial charge in [0.15, 0.2) is 6.61 Å². The normalized spacial score (nSPS) is 13.7. The van der Waals surface area contributed by atoms with Crippen LogP contribution >= 0.6 is 0 Å². The molecule has 0 spiro atoms. The predicted molar refractivity (Wildman–Crippen MR) is 95.1 cm³/mol. The van der Waals surface area contributed by atoms with Crippen LogP contribution in [0.2, 0.25) is 0 Å². The molecule has 2 N–H and O–H groups in total. The number of carbonyl (C=O) groups excluding carboxylic acids is 2. The first kappa shape index (κ1) is 20.5. The molecule has 1 fully saturated rings. The molecule has 29 heavy (non-hydrogen) atoms. The number of hydrogen-bond acceptors (Lipinski definition) is 6. The molecular formula is C18H18F3N5O3. The smallest absolute Gasteiger partial charge is 0.422 e. The van der Waals surface area contributed by atoms with Crippen molar-refractivity contribution in [1.29, 1.82) is 0 Å². The van der Waals surface area contributed by atoms with Crippen molar-refractivity contribution in [3.8, 4) is 5.88 Å². The molecule has 0 aliphatic heterocycles. The maximum absolute atomic E-state index is 12.3. The first-order valence-corrected chi connectivity index (χ1v) is 8.78. The van der Waals surface area contributed by atoms with Gasteiger partial charge in [-0.15, -0.1) is 0 Å². The number of nitrogens with zero attached hydrogens (tertiary/aromatic N) is 3. The lowest BCUT2D eigenvalue weighted by Gasteiger charge is -2.11. The molecule has 154 valence electrons. The van der Waals surface area contributed by atoms with Gasteiger partial charge in [0.1, 0.15) is 5.69 Å². The summed E-state index contributed by atoms with van der Waals surface area (Å²) in [5, 5.41) is 5.21. The number of anilines is 1. The Hall–Kier alpha value is -3.24. The Balaban J connectivity index is 1.56. The SMILES string of the molecule is Cc1cc(OCC(F)(F)F)ncc1CNC(=O)c1ccnc(NC(=O)C2CC2)n1. The zero-order valence-corrected chi connectivity index (χ0v) is 15.4. The lowest BCUT2D eigenvalue weighted by atomic mass is 10.1. The average Bonchev–Trinajstić information content (AvgIpc) is 3.50. The number of aryl methyl sites for hydroxylation is 1. The molecule has 0 bridgehead atoms. The summed E-state index contributed by atoms with van der Waals surface area (Å²) in [4.78, 5) is 35.8. The van der Waals surface area contributed by atoms with Crippen molar-refractivity contribution < 1.29 is 27.5 Å². The van der Waals surface area contributed by atoms with Crippen molar-refractivity contribution in [2.45, 2.75) is 32.5 Å². The second-order valence-electron chi connectivity index (χ2n) is 6.56. The number of nitrogens with one attached hydrogen (secondary N) is 2. The van der Waals surface area contributed by atoms with Crippen molar-refractivity contribution in [1.82, 2.24) is 20.3 Å². The number of aromatic nitrogens is 3. The lowest BCUT2D eigenvalue weighted by Crippen LogP contribution is -2.25. The van der Waals surface area contributed by atoms with Crippen molar-refractivity contribution in [3.63, 3.8) is 0 Å². The van der Waals surface area contributed by atoms with Gasteiger partial charge in [0.2, 0.25) is 17.7 Å². The quantitative estimate of drug-likeness (QED) is 0.728. The Kier molecular flexibility index (Phi) is 5.95. The van der Waals surface area contributed by atoms with Gasteiger partial charge in [0.05, 0.1) is 0 Å². The number of carbonyl (C=O) groups is 2. The van der Waals surface area contributed by atoms with E-state index in [1.165, 1.54) is 24.5 Å². The summed E-state index contributed by atoms with van der Waals surface area (Å²) >= 11 is 0. The van der Waals surface area contributed by atoms with E-state index in [1.807, 2.05) is 0 Å². The zero-order valence-electron chi connectivity index (χ0n) is 15.4. The number of rotatable bonds is 7. The van der Waals surface area contributed by atoms with E-state index in [9.17, 15) is 22.8 Å². The molecule has 2 amide bonds. The first-order valence-electron chi connectivity index (χ1n) is 8.78. The highest BCUT2D eigenvalue weighted by atomic mass is 19.4. The van der Waals surface area contributed by atoms with Gasteiger partial charge in [0.25, 0.3) is 5.91 Å². The van der Waals surface area contributed by atoms with Crippen LogP contribution in [0.15, 0.2) is 24.5 Å². The van der Waals surface area contributed by atoms with Crippen molar-refractivity contribution >= 4 is 17.8 Å². The molecule has 0 radical (unpaired) electrons. The molecule has 3 rings (SSSR count). The number of ether oxygens (including phenoxy) is 1. The van der Waals surface area contributed by atoms with Gasteiger partial charge in [-0.2, -0.15) is 13.2 Å². The molecule has 1 saturated carbocycles. The van der Waals surface area contributed by atoms with Gasteiger partial charge in [-0.1, -0.05) is 0 Å². The standard InChI is InChI=1S/C18H18F3N5O3/c1-10-6-14(29-9-18(19,20)21)23-7-12(10)8-24-16(28)13-4-5-22-17(25-13)26-15(27)11-2-3-11/h4-7,11H,2-3,8-9H2,1H3,(H,24,28)(H,22,25,26,27). The molecule has 2 aromatic heterocycles. The van der Waals surface area contributed by atoms with Crippen LogP contribution in [0.5, 0.6) is 5.88 Å². The predicted octanol–water partition coefficient (Wildman–Crippen LogP) is 2.40. The molecule has 2 heterocycles. The van der Waals surface area contributed by atoms with Crippen molar-refractivity contribution in [3.05, 3.63) is 41.3 Å². The number of amides is 2. The van der Waals surface area contributed by atoms with Crippen LogP contribution in [0.4, 0.5) is 19.1 Å². The molecule has 0 atom stereocenters. The van der Waals surface area contributed by atoms with Crippen LogP contribution < -0.4 is 15.4 Å². The third kappa shape index (κ3) is 6.13. The van der Waals surface area contributed by atoms with E-state index in [1.54, 1.807) is 6.92 Å². The number of alkyl halides is 3. The summed E-state index contributed by atoms with van der Waals surface area (Å²) in [6.07, 6.45) is -0.0811. The van der Waals surface area contributed by atoms with E-state index < -0.39 is 18.7 Å². The summed E-state index contributed by atoms with van der Waals surface area (Å²) in [6.45, 7) is 0.327. The van der Waals surface area contributed by atoms with Gasteiger partial charge in [-0.05, 0) is 37.0 Å². The highest BCUT2D eigenvalue weighted by Crippen LogP contribution is 2.29. The van der Waals surface area contributed by atoms with E-state index in [0.29, 0.717) is 11.1 Å². The zero-order chi connectivity index (χ0) is 21.0. The third-order valence-corrected chi connectivity index (χ3v) is 4.09. The van der Waals surface area contributed by atoms with E-state index in [4.69, 9.17) is 0 Å². The van der Waals surface area contributed by atoms with E-state index in [-0.39, 0.29) is 35.9 Å². The van der Waals surface area contributed by atoms with Gasteiger partial charge >= 0.3 is 6.18 Å². The van der Waals surface area contributed by atoms with Crippen molar-refractivity contribution in [2.24, 2.45) is 5.92 Å². The summed E-state index contributed by atoms with van der Waals surface area (Å²) in [6, 6.07) is 2.77. The Morgan fingerprint density at radius 2 is 2.03 bits per heavy atom. The molecule has 0 saturated heterocycles. The number of pyridine rings is 1. The first-order chi connectivity index (χ1) is 13.7. The van der Waals surface area contributed by atoms with Gasteiger partial charge in [0, 0.05) is 30.9 Å². The van der Waals surface area contributed by atoms with Crippen LogP contribution in [0.3, 0.4) is 0 Å². The van der Waals surface area contributed by atoms with Crippen molar-refractivity contribution in [2.75, 3.05) is 11.9 Å². The fraction of sp³-hybridized carbons (Fsp3) is 0.389. The molecule has 11 heteroatoms. The van der Waals surface area contributed by atoms with Gasteiger partial charge < -0.3 is 10.1 Å². The Bertz CT molecular complexity index is 916. The van der Waals surface area contributed by atoms with E-state index in [0.717, 1.165) is 12.8 Å². The third-order valence-electron chi connectivity index (χ3n) is 4.09. The lowest BCUT2D eigenvalue weighted by molar-refractivity contribution is -0.154. The molecule has 8 nitrogen and oxygen atoms in total. The summed E-state index contributed by atoms with van der Waals surface area (Å²) in [5.74, 6) is -0.779. The van der Waals surface area contributed by atoms with Crippen LogP contribution in [0.1, 0.15) is 34.5 Å². The summed E-state index contributed by atoms with van der Waals surface area (Å²) in [7, 11) is 0. The minimum atomic E-state index is -4.45. The summed E-state index contributed by atoms with van der Waals surface area (Å²) < 4.78 is 41.2. The molecule has 1 aliphatic rings. The molecule has 1 aliphatic carbocycles.